The minimum atomic E-state index is -0.617. The molecule has 2 unspecified atom stereocenters. The SMILES string of the molecule is COc1cccc(CCC2CC(C(=O)Nc3ccc(Oc4ccc(F)cc4)cc3)N(C(=O)Cn3nccn3)C2)c1. The summed E-state index contributed by atoms with van der Waals surface area (Å²) in [5.74, 6) is 1.22. The van der Waals surface area contributed by atoms with Crippen molar-refractivity contribution in [2.45, 2.75) is 31.8 Å². The topological polar surface area (TPSA) is 98.6 Å². The van der Waals surface area contributed by atoms with Crippen molar-refractivity contribution in [3.05, 3.63) is 96.6 Å². The lowest BCUT2D eigenvalue weighted by Crippen LogP contribution is -2.44. The first-order valence-electron chi connectivity index (χ1n) is 13.1. The number of likely N-dealkylation sites (tertiary alicyclic amines) is 1. The molecule has 0 spiro atoms. The van der Waals surface area contributed by atoms with Gasteiger partial charge in [0.2, 0.25) is 11.8 Å². The number of hydrogen-bond donors (Lipinski definition) is 1. The highest BCUT2D eigenvalue weighted by Gasteiger charge is 2.39. The molecule has 1 aliphatic heterocycles. The number of hydrogen-bond acceptors (Lipinski definition) is 6. The van der Waals surface area contributed by atoms with Crippen LogP contribution in [0.15, 0.2) is 85.2 Å². The third kappa shape index (κ3) is 6.82. The van der Waals surface area contributed by atoms with Gasteiger partial charge in [-0.3, -0.25) is 9.59 Å². The summed E-state index contributed by atoms with van der Waals surface area (Å²) in [5, 5.41) is 11.0. The second-order valence-corrected chi connectivity index (χ2v) is 9.68. The molecule has 1 N–H and O–H groups in total. The Morgan fingerprint density at radius 3 is 2.38 bits per heavy atom. The molecule has 10 heteroatoms. The number of aromatic nitrogens is 3. The van der Waals surface area contributed by atoms with Gasteiger partial charge in [0.1, 0.15) is 35.7 Å². The number of anilines is 1. The summed E-state index contributed by atoms with van der Waals surface area (Å²) >= 11 is 0. The van der Waals surface area contributed by atoms with Gasteiger partial charge in [-0.05, 0) is 91.4 Å². The number of ether oxygens (including phenoxy) is 2. The van der Waals surface area contributed by atoms with E-state index >= 15 is 0 Å². The second kappa shape index (κ2) is 12.4. The summed E-state index contributed by atoms with van der Waals surface area (Å²) in [6.07, 6.45) is 5.23. The predicted octanol–water partition coefficient (Wildman–Crippen LogP) is 4.71. The van der Waals surface area contributed by atoms with Crippen LogP contribution in [0, 0.1) is 11.7 Å². The van der Waals surface area contributed by atoms with Crippen LogP contribution in [0.2, 0.25) is 0 Å². The summed E-state index contributed by atoms with van der Waals surface area (Å²) < 4.78 is 24.2. The summed E-state index contributed by atoms with van der Waals surface area (Å²) in [5.41, 5.74) is 1.73. The van der Waals surface area contributed by atoms with Crippen molar-refractivity contribution in [1.82, 2.24) is 19.9 Å². The van der Waals surface area contributed by atoms with E-state index in [0.29, 0.717) is 30.2 Å². The van der Waals surface area contributed by atoms with Crippen LogP contribution >= 0.6 is 0 Å². The summed E-state index contributed by atoms with van der Waals surface area (Å²) in [4.78, 5) is 29.6. The number of carbonyl (C=O) groups is 2. The van der Waals surface area contributed by atoms with Crippen molar-refractivity contribution in [3.63, 3.8) is 0 Å². The van der Waals surface area contributed by atoms with E-state index in [2.05, 4.69) is 21.6 Å². The van der Waals surface area contributed by atoms with Gasteiger partial charge in [0.15, 0.2) is 0 Å². The maximum Gasteiger partial charge on any atom is 0.247 e. The zero-order valence-electron chi connectivity index (χ0n) is 22.1. The molecular weight excluding hydrogens is 513 g/mol. The highest BCUT2D eigenvalue weighted by Crippen LogP contribution is 2.30. The zero-order valence-corrected chi connectivity index (χ0v) is 22.1. The van der Waals surface area contributed by atoms with Crippen LogP contribution in [-0.4, -0.2) is 51.4 Å². The lowest BCUT2D eigenvalue weighted by molar-refractivity contribution is -0.137. The first kappa shape index (κ1) is 26.9. The predicted molar refractivity (Wildman–Crippen MR) is 146 cm³/mol. The van der Waals surface area contributed by atoms with E-state index in [-0.39, 0.29) is 30.1 Å². The average molecular weight is 544 g/mol. The number of amides is 2. The molecule has 0 saturated carbocycles. The largest absolute Gasteiger partial charge is 0.497 e. The lowest BCUT2D eigenvalue weighted by atomic mass is 9.96. The van der Waals surface area contributed by atoms with Crippen molar-refractivity contribution in [2.24, 2.45) is 5.92 Å². The minimum absolute atomic E-state index is 0.0329. The third-order valence-electron chi connectivity index (χ3n) is 6.90. The minimum Gasteiger partial charge on any atom is -0.497 e. The van der Waals surface area contributed by atoms with E-state index in [1.807, 2.05) is 18.2 Å². The Morgan fingerprint density at radius 2 is 1.68 bits per heavy atom. The Bertz CT molecular complexity index is 1430. The molecule has 206 valence electrons. The molecule has 1 aromatic heterocycles. The van der Waals surface area contributed by atoms with E-state index < -0.39 is 6.04 Å². The highest BCUT2D eigenvalue weighted by molar-refractivity contribution is 5.97. The Kier molecular flexibility index (Phi) is 8.34. The molecule has 1 aliphatic rings. The van der Waals surface area contributed by atoms with Gasteiger partial charge in [-0.1, -0.05) is 12.1 Å². The fraction of sp³-hybridized carbons (Fsp3) is 0.267. The molecule has 0 radical (unpaired) electrons. The fourth-order valence-corrected chi connectivity index (χ4v) is 4.86. The smallest absolute Gasteiger partial charge is 0.247 e. The molecule has 2 atom stereocenters. The van der Waals surface area contributed by atoms with Crippen molar-refractivity contribution < 1.29 is 23.5 Å². The van der Waals surface area contributed by atoms with Crippen molar-refractivity contribution >= 4 is 17.5 Å². The monoisotopic (exact) mass is 543 g/mol. The van der Waals surface area contributed by atoms with Crippen LogP contribution in [0.3, 0.4) is 0 Å². The molecule has 2 amide bonds. The number of rotatable bonds is 10. The molecule has 1 fully saturated rings. The van der Waals surface area contributed by atoms with Gasteiger partial charge in [0.25, 0.3) is 0 Å². The molecule has 2 heterocycles. The average Bonchev–Trinajstić information content (AvgIpc) is 3.65. The Hall–Kier alpha value is -4.73. The first-order valence-corrected chi connectivity index (χ1v) is 13.1. The number of benzene rings is 3. The standard InChI is InChI=1S/C30H30FN5O4/c1-39-27-4-2-3-21(17-27)5-6-22-18-28(35(19-22)29(37)20-36-32-15-16-33-36)30(38)34-24-9-13-26(14-10-24)40-25-11-7-23(31)8-12-25/h2-4,7-17,22,28H,5-6,18-20H2,1H3,(H,34,38). The molecule has 5 rings (SSSR count). The summed E-state index contributed by atoms with van der Waals surface area (Å²) in [6, 6.07) is 19.9. The Morgan fingerprint density at radius 1 is 0.975 bits per heavy atom. The van der Waals surface area contributed by atoms with Crippen molar-refractivity contribution in [3.8, 4) is 17.2 Å². The van der Waals surface area contributed by atoms with Crippen LogP contribution in [0.5, 0.6) is 17.2 Å². The fourth-order valence-electron chi connectivity index (χ4n) is 4.86. The number of aryl methyl sites for hydroxylation is 1. The number of nitrogens with one attached hydrogen (secondary N) is 1. The normalized spacial score (nSPS) is 16.5. The highest BCUT2D eigenvalue weighted by atomic mass is 19.1. The third-order valence-corrected chi connectivity index (χ3v) is 6.90. The molecule has 3 aromatic carbocycles. The van der Waals surface area contributed by atoms with E-state index in [0.717, 1.165) is 24.2 Å². The maximum absolute atomic E-state index is 13.4. The quantitative estimate of drug-likeness (QED) is 0.311. The van der Waals surface area contributed by atoms with E-state index in [9.17, 15) is 14.0 Å². The Labute approximate surface area is 231 Å². The van der Waals surface area contributed by atoms with Gasteiger partial charge < -0.3 is 19.7 Å². The number of methoxy groups -OCH3 is 1. The molecule has 0 aliphatic carbocycles. The van der Waals surface area contributed by atoms with Gasteiger partial charge in [0.05, 0.1) is 19.5 Å². The van der Waals surface area contributed by atoms with Crippen LogP contribution in [0.4, 0.5) is 10.1 Å². The van der Waals surface area contributed by atoms with Gasteiger partial charge in [-0.2, -0.15) is 15.0 Å². The molecular formula is C30H30FN5O4. The van der Waals surface area contributed by atoms with Crippen LogP contribution in [-0.2, 0) is 22.6 Å². The number of nitrogens with zero attached hydrogens (tertiary/aromatic N) is 4. The number of carbonyl (C=O) groups excluding carboxylic acids is 2. The molecule has 4 aromatic rings. The van der Waals surface area contributed by atoms with Crippen LogP contribution < -0.4 is 14.8 Å². The molecule has 40 heavy (non-hydrogen) atoms. The molecule has 1 saturated heterocycles. The lowest BCUT2D eigenvalue weighted by Gasteiger charge is -2.23. The zero-order chi connectivity index (χ0) is 27.9. The van der Waals surface area contributed by atoms with Crippen molar-refractivity contribution in [2.75, 3.05) is 19.0 Å². The van der Waals surface area contributed by atoms with E-state index in [4.69, 9.17) is 9.47 Å². The second-order valence-electron chi connectivity index (χ2n) is 9.68. The summed E-state index contributed by atoms with van der Waals surface area (Å²) in [7, 11) is 1.64. The van der Waals surface area contributed by atoms with Gasteiger partial charge in [-0.15, -0.1) is 0 Å². The Balaban J connectivity index is 1.24. The maximum atomic E-state index is 13.4. The van der Waals surface area contributed by atoms with Crippen molar-refractivity contribution in [1.29, 1.82) is 0 Å². The summed E-state index contributed by atoms with van der Waals surface area (Å²) in [6.45, 7) is 0.446. The molecule has 9 nitrogen and oxygen atoms in total. The first-order chi connectivity index (χ1) is 19.5. The van der Waals surface area contributed by atoms with E-state index in [1.165, 1.54) is 29.3 Å². The van der Waals surface area contributed by atoms with Gasteiger partial charge in [0, 0.05) is 12.2 Å². The van der Waals surface area contributed by atoms with E-state index in [1.54, 1.807) is 48.4 Å². The van der Waals surface area contributed by atoms with Crippen LogP contribution in [0.25, 0.3) is 0 Å². The van der Waals surface area contributed by atoms with Gasteiger partial charge in [-0.25, -0.2) is 4.39 Å². The van der Waals surface area contributed by atoms with Gasteiger partial charge >= 0.3 is 0 Å². The van der Waals surface area contributed by atoms with Crippen LogP contribution in [0.1, 0.15) is 18.4 Å². The molecule has 0 bridgehead atoms. The number of halogens is 1.